The van der Waals surface area contributed by atoms with Gasteiger partial charge in [-0.1, -0.05) is 13.3 Å². The molecule has 0 aliphatic carbocycles. The molecule has 0 bridgehead atoms. The molecule has 0 aromatic carbocycles. The second kappa shape index (κ2) is 5.03. The van der Waals surface area contributed by atoms with Crippen LogP contribution in [-0.4, -0.2) is 4.98 Å². The molecule has 72 valence electrons. The summed E-state index contributed by atoms with van der Waals surface area (Å²) in [6.07, 6.45) is 4.99. The van der Waals surface area contributed by atoms with Crippen LogP contribution in [0.3, 0.4) is 0 Å². The molecule has 1 rings (SSSR count). The predicted octanol–water partition coefficient (Wildman–Crippen LogP) is 2.08. The van der Waals surface area contributed by atoms with Gasteiger partial charge in [-0.25, -0.2) is 0 Å². The average molecular weight is 187 g/mol. The number of aromatic nitrogens is 1. The molecule has 0 fully saturated rings. The zero-order valence-electron chi connectivity index (χ0n) is 8.20. The molecular weight excluding hydrogens is 174 g/mol. The Morgan fingerprint density at radius 3 is 2.64 bits per heavy atom. The van der Waals surface area contributed by atoms with Gasteiger partial charge in [-0.3, -0.25) is 4.98 Å². The summed E-state index contributed by atoms with van der Waals surface area (Å²) in [7, 11) is 0. The summed E-state index contributed by atoms with van der Waals surface area (Å²) in [5.74, 6) is 0. The van der Waals surface area contributed by atoms with Gasteiger partial charge < -0.3 is 5.73 Å². The lowest BCUT2D eigenvalue weighted by atomic mass is 10.1. The van der Waals surface area contributed by atoms with E-state index in [1.54, 1.807) is 12.4 Å². The number of hydrogen-bond acceptors (Lipinski definition) is 3. The number of hydrogen-bond donors (Lipinski definition) is 1. The van der Waals surface area contributed by atoms with Gasteiger partial charge in [0.25, 0.3) is 0 Å². The topological polar surface area (TPSA) is 62.7 Å². The first-order chi connectivity index (χ1) is 6.79. The number of nitrogens with two attached hydrogens (primary N) is 1. The number of nitrogens with zero attached hydrogens (tertiary/aromatic N) is 2. The van der Waals surface area contributed by atoms with Crippen LogP contribution in [0.25, 0.3) is 5.70 Å². The highest BCUT2D eigenvalue weighted by Gasteiger charge is 2.03. The molecule has 1 aromatic rings. The molecule has 0 aliphatic heterocycles. The Hall–Kier alpha value is -1.82. The minimum absolute atomic E-state index is 0.566. The van der Waals surface area contributed by atoms with E-state index in [0.29, 0.717) is 11.3 Å². The standard InChI is InChI=1S/C11H13N3/c1-2-3-10(8-12)11(13)9-4-6-14-7-5-9/h4-7H,2-3,13H2,1H3/b11-10-. The number of nitriles is 1. The third-order valence-electron chi connectivity index (χ3n) is 1.95. The Kier molecular flexibility index (Phi) is 3.69. The van der Waals surface area contributed by atoms with Gasteiger partial charge in [0, 0.05) is 18.0 Å². The fourth-order valence-electron chi connectivity index (χ4n) is 1.21. The minimum Gasteiger partial charge on any atom is -0.397 e. The molecule has 0 amide bonds. The Morgan fingerprint density at radius 1 is 1.50 bits per heavy atom. The van der Waals surface area contributed by atoms with Crippen LogP contribution in [0.15, 0.2) is 30.1 Å². The van der Waals surface area contributed by atoms with Gasteiger partial charge >= 0.3 is 0 Å². The lowest BCUT2D eigenvalue weighted by Crippen LogP contribution is -2.00. The van der Waals surface area contributed by atoms with Crippen molar-refractivity contribution in [3.8, 4) is 6.07 Å². The molecule has 0 saturated carbocycles. The summed E-state index contributed by atoms with van der Waals surface area (Å²) in [4.78, 5) is 3.90. The van der Waals surface area contributed by atoms with E-state index in [2.05, 4.69) is 11.1 Å². The van der Waals surface area contributed by atoms with Crippen LogP contribution in [0, 0.1) is 11.3 Å². The smallest absolute Gasteiger partial charge is 0.0968 e. The molecule has 1 aromatic heterocycles. The molecule has 0 atom stereocenters. The van der Waals surface area contributed by atoms with E-state index in [9.17, 15) is 0 Å². The van der Waals surface area contributed by atoms with Gasteiger partial charge in [0.1, 0.15) is 0 Å². The van der Waals surface area contributed by atoms with Gasteiger partial charge in [-0.15, -0.1) is 0 Å². The van der Waals surface area contributed by atoms with E-state index in [4.69, 9.17) is 11.0 Å². The van der Waals surface area contributed by atoms with Gasteiger partial charge in [0.2, 0.25) is 0 Å². The Morgan fingerprint density at radius 2 is 2.14 bits per heavy atom. The average Bonchev–Trinajstić information content (AvgIpc) is 2.26. The third-order valence-corrected chi connectivity index (χ3v) is 1.95. The third kappa shape index (κ3) is 2.33. The van der Waals surface area contributed by atoms with E-state index in [1.807, 2.05) is 19.1 Å². The number of rotatable bonds is 3. The van der Waals surface area contributed by atoms with Crippen LogP contribution >= 0.6 is 0 Å². The van der Waals surface area contributed by atoms with Crippen LogP contribution in [0.4, 0.5) is 0 Å². The lowest BCUT2D eigenvalue weighted by Gasteiger charge is -2.03. The molecule has 0 saturated heterocycles. The molecule has 3 nitrogen and oxygen atoms in total. The van der Waals surface area contributed by atoms with E-state index in [1.165, 1.54) is 0 Å². The summed E-state index contributed by atoms with van der Waals surface area (Å²) in [6.45, 7) is 2.02. The maximum atomic E-state index is 8.89. The zero-order valence-corrected chi connectivity index (χ0v) is 8.20. The van der Waals surface area contributed by atoms with Crippen molar-refractivity contribution in [2.75, 3.05) is 0 Å². The first-order valence-corrected chi connectivity index (χ1v) is 4.58. The van der Waals surface area contributed by atoms with Gasteiger partial charge in [0.05, 0.1) is 17.3 Å². The summed E-state index contributed by atoms with van der Waals surface area (Å²) in [6, 6.07) is 5.75. The van der Waals surface area contributed by atoms with Crippen molar-refractivity contribution >= 4 is 5.70 Å². The van der Waals surface area contributed by atoms with Crippen LogP contribution in [-0.2, 0) is 0 Å². The first-order valence-electron chi connectivity index (χ1n) is 4.58. The maximum Gasteiger partial charge on any atom is 0.0968 e. The first kappa shape index (κ1) is 10.3. The van der Waals surface area contributed by atoms with Crippen molar-refractivity contribution in [1.82, 2.24) is 4.98 Å². The normalized spacial score (nSPS) is 11.7. The zero-order chi connectivity index (χ0) is 10.4. The molecule has 2 N–H and O–H groups in total. The second-order valence-corrected chi connectivity index (χ2v) is 2.99. The number of pyridine rings is 1. The van der Waals surface area contributed by atoms with Crippen molar-refractivity contribution in [3.63, 3.8) is 0 Å². The summed E-state index contributed by atoms with van der Waals surface area (Å²) in [5, 5.41) is 8.89. The minimum atomic E-state index is 0.566. The molecule has 3 heteroatoms. The molecule has 1 heterocycles. The molecular formula is C11H13N3. The van der Waals surface area contributed by atoms with Crippen molar-refractivity contribution in [2.45, 2.75) is 19.8 Å². The molecule has 0 aliphatic rings. The van der Waals surface area contributed by atoms with Gasteiger partial charge in [-0.2, -0.15) is 5.26 Å². The predicted molar refractivity (Wildman–Crippen MR) is 55.9 cm³/mol. The quantitative estimate of drug-likeness (QED) is 0.737. The highest BCUT2D eigenvalue weighted by atomic mass is 14.6. The Balaban J connectivity index is 3.03. The van der Waals surface area contributed by atoms with Crippen molar-refractivity contribution < 1.29 is 0 Å². The highest BCUT2D eigenvalue weighted by molar-refractivity contribution is 5.68. The van der Waals surface area contributed by atoms with E-state index < -0.39 is 0 Å². The Labute approximate surface area is 83.9 Å². The summed E-state index contributed by atoms with van der Waals surface area (Å²) in [5.41, 5.74) is 7.95. The molecule has 0 radical (unpaired) electrons. The van der Waals surface area contributed by atoms with Crippen LogP contribution in [0.1, 0.15) is 25.3 Å². The van der Waals surface area contributed by atoms with Crippen molar-refractivity contribution in [2.24, 2.45) is 5.73 Å². The van der Waals surface area contributed by atoms with E-state index >= 15 is 0 Å². The van der Waals surface area contributed by atoms with Crippen molar-refractivity contribution in [1.29, 1.82) is 5.26 Å². The number of allylic oxidation sites excluding steroid dienone is 1. The molecule has 0 unspecified atom stereocenters. The van der Waals surface area contributed by atoms with Crippen molar-refractivity contribution in [3.05, 3.63) is 35.7 Å². The van der Waals surface area contributed by atoms with Gasteiger partial charge in [0.15, 0.2) is 0 Å². The van der Waals surface area contributed by atoms with E-state index in [0.717, 1.165) is 18.4 Å². The van der Waals surface area contributed by atoms with Crippen LogP contribution in [0.5, 0.6) is 0 Å². The fraction of sp³-hybridized carbons (Fsp3) is 0.273. The SMILES string of the molecule is CCC/C(C#N)=C(/N)c1ccncc1. The monoisotopic (exact) mass is 187 g/mol. The highest BCUT2D eigenvalue weighted by Crippen LogP contribution is 2.15. The van der Waals surface area contributed by atoms with E-state index in [-0.39, 0.29) is 0 Å². The summed E-state index contributed by atoms with van der Waals surface area (Å²) >= 11 is 0. The molecule has 0 spiro atoms. The second-order valence-electron chi connectivity index (χ2n) is 2.99. The molecule has 14 heavy (non-hydrogen) atoms. The van der Waals surface area contributed by atoms with Crippen LogP contribution in [0.2, 0.25) is 0 Å². The fourth-order valence-corrected chi connectivity index (χ4v) is 1.21. The summed E-state index contributed by atoms with van der Waals surface area (Å²) < 4.78 is 0. The van der Waals surface area contributed by atoms with Gasteiger partial charge in [-0.05, 0) is 18.6 Å². The lowest BCUT2D eigenvalue weighted by molar-refractivity contribution is 0.929. The largest absolute Gasteiger partial charge is 0.397 e. The maximum absolute atomic E-state index is 8.89. The van der Waals surface area contributed by atoms with Crippen LogP contribution < -0.4 is 5.73 Å². The Bertz CT molecular complexity index is 360.